The average Bonchev–Trinajstić information content (AvgIpc) is 3.50. The number of pyridine rings is 1. The lowest BCUT2D eigenvalue weighted by atomic mass is 9.73. The van der Waals surface area contributed by atoms with Crippen LogP contribution in [0.2, 0.25) is 0 Å². The Morgan fingerprint density at radius 3 is 2.36 bits per heavy atom. The summed E-state index contributed by atoms with van der Waals surface area (Å²) in [4.78, 5) is 62.1. The molecule has 1 aromatic carbocycles. The first-order valence-electron chi connectivity index (χ1n) is 21.3. The summed E-state index contributed by atoms with van der Waals surface area (Å²) in [7, 11) is 3.59. The van der Waals surface area contributed by atoms with E-state index in [1.54, 1.807) is 65.9 Å². The van der Waals surface area contributed by atoms with E-state index in [2.05, 4.69) is 10.3 Å². The van der Waals surface area contributed by atoms with Crippen molar-refractivity contribution in [3.8, 4) is 0 Å². The van der Waals surface area contributed by atoms with Crippen molar-refractivity contribution in [3.05, 3.63) is 48.2 Å². The SMILES string of the molecule is CC[C@H]1OC(=O)[C@@](C)(F)C(=O)[C@H](C)[C@@H](O[C@@H]2O[C@H](C)[C@@H](OC(C)(C)C)[C@H](N(C)C)[C@H]2O)[C@](C)(OC/C=C/c2cnc3ccccc3c2)C[C@@H](C)C(=O)[C@H](C)[C@H]2NC(=O)O[C@@]21C. The summed E-state index contributed by atoms with van der Waals surface area (Å²) in [5.41, 5.74) is -5.37. The molecular formula is C46H66FN3O11. The number of likely N-dealkylation sites (N-methyl/N-ethyl adjacent to an activating group) is 1. The van der Waals surface area contributed by atoms with E-state index in [4.69, 9.17) is 28.4 Å². The normalized spacial score (nSPS) is 38.3. The monoisotopic (exact) mass is 855 g/mol. The maximum atomic E-state index is 17.1. The number of esters is 1. The molecule has 3 aliphatic rings. The number of carbonyl (C=O) groups is 4. The van der Waals surface area contributed by atoms with Gasteiger partial charge in [-0.2, -0.15) is 0 Å². The number of hydrogen-bond acceptors (Lipinski definition) is 13. The largest absolute Gasteiger partial charge is 0.455 e. The van der Waals surface area contributed by atoms with Gasteiger partial charge < -0.3 is 43.7 Å². The predicted molar refractivity (Wildman–Crippen MR) is 226 cm³/mol. The van der Waals surface area contributed by atoms with E-state index in [0.717, 1.165) is 23.4 Å². The van der Waals surface area contributed by atoms with Crippen LogP contribution < -0.4 is 5.32 Å². The maximum Gasteiger partial charge on any atom is 0.408 e. The number of aliphatic hydroxyl groups excluding tert-OH is 1. The number of hydrogen-bond donors (Lipinski definition) is 2. The lowest BCUT2D eigenvalue weighted by Gasteiger charge is -2.50. The number of ether oxygens (including phenoxy) is 6. The Morgan fingerprint density at radius 2 is 1.72 bits per heavy atom. The molecule has 4 heterocycles. The number of fused-ring (bicyclic) bond motifs is 2. The number of Topliss-reactive ketones (excluding diaryl/α,β-unsaturated/α-hetero) is 2. The van der Waals surface area contributed by atoms with E-state index in [0.29, 0.717) is 0 Å². The molecule has 61 heavy (non-hydrogen) atoms. The Kier molecular flexibility index (Phi) is 14.6. The highest BCUT2D eigenvalue weighted by atomic mass is 19.1. The van der Waals surface area contributed by atoms with Crippen LogP contribution in [0.15, 0.2) is 42.6 Å². The van der Waals surface area contributed by atoms with Crippen molar-refractivity contribution < 1.29 is 57.1 Å². The second-order valence-corrected chi connectivity index (χ2v) is 18.8. The number of rotatable bonds is 9. The second kappa shape index (κ2) is 18.5. The number of cyclic esters (lactones) is 1. The molecule has 15 heteroatoms. The van der Waals surface area contributed by atoms with E-state index in [1.165, 1.54) is 13.8 Å². The zero-order valence-corrected chi connectivity index (χ0v) is 37.9. The van der Waals surface area contributed by atoms with Crippen molar-refractivity contribution in [1.29, 1.82) is 0 Å². The first-order valence-corrected chi connectivity index (χ1v) is 21.3. The smallest absolute Gasteiger partial charge is 0.408 e. The minimum absolute atomic E-state index is 0.0649. The van der Waals surface area contributed by atoms with Gasteiger partial charge in [-0.15, -0.1) is 0 Å². The Hall–Kier alpha value is -3.86. The summed E-state index contributed by atoms with van der Waals surface area (Å²) in [5.74, 6) is -6.10. The fourth-order valence-corrected chi connectivity index (χ4v) is 9.37. The number of para-hydroxylation sites is 1. The van der Waals surface area contributed by atoms with Crippen molar-refractivity contribution in [3.63, 3.8) is 0 Å². The van der Waals surface area contributed by atoms with Crippen LogP contribution >= 0.6 is 0 Å². The summed E-state index contributed by atoms with van der Waals surface area (Å²) in [6.07, 6.45) is -2.17. The van der Waals surface area contributed by atoms with Gasteiger partial charge in [0.2, 0.25) is 0 Å². The van der Waals surface area contributed by atoms with E-state index < -0.39 is 107 Å². The molecule has 14 atom stereocenters. The van der Waals surface area contributed by atoms with Gasteiger partial charge in [-0.25, -0.2) is 14.0 Å². The first-order chi connectivity index (χ1) is 28.3. The quantitative estimate of drug-likeness (QED) is 0.223. The number of carbonyl (C=O) groups excluding carboxylic acids is 4. The average molecular weight is 856 g/mol. The topological polar surface area (TPSA) is 172 Å². The molecule has 2 N–H and O–H groups in total. The Labute approximate surface area is 359 Å². The van der Waals surface area contributed by atoms with Gasteiger partial charge in [0.1, 0.15) is 24.1 Å². The van der Waals surface area contributed by atoms with Crippen LogP contribution in [0.25, 0.3) is 17.0 Å². The number of aromatic nitrogens is 1. The van der Waals surface area contributed by atoms with Gasteiger partial charge in [-0.1, -0.05) is 58.0 Å². The van der Waals surface area contributed by atoms with Crippen molar-refractivity contribution in [2.45, 2.75) is 160 Å². The zero-order chi connectivity index (χ0) is 45.4. The fourth-order valence-electron chi connectivity index (χ4n) is 9.37. The third-order valence-corrected chi connectivity index (χ3v) is 12.5. The van der Waals surface area contributed by atoms with E-state index >= 15 is 4.39 Å². The number of amides is 1. The number of ketones is 2. The third-order valence-electron chi connectivity index (χ3n) is 12.5. The van der Waals surface area contributed by atoms with Gasteiger partial charge in [0.25, 0.3) is 5.67 Å². The van der Waals surface area contributed by atoms with Crippen LogP contribution in [0.1, 0.15) is 94.6 Å². The Morgan fingerprint density at radius 1 is 1.05 bits per heavy atom. The molecule has 0 spiro atoms. The summed E-state index contributed by atoms with van der Waals surface area (Å²) in [6.45, 7) is 17.9. The lowest BCUT2D eigenvalue weighted by molar-refractivity contribution is -0.324. The molecular weight excluding hydrogens is 790 g/mol. The number of alkyl carbamates (subject to hydrolysis) is 1. The summed E-state index contributed by atoms with van der Waals surface area (Å²) < 4.78 is 54.7. The molecule has 14 nitrogen and oxygen atoms in total. The molecule has 1 amide bonds. The molecule has 2 aromatic rings. The molecule has 0 saturated carbocycles. The van der Waals surface area contributed by atoms with Crippen LogP contribution in [-0.2, 0) is 42.8 Å². The van der Waals surface area contributed by atoms with Crippen molar-refractivity contribution >= 4 is 40.6 Å². The Balaban J connectivity index is 1.60. The minimum atomic E-state index is -3.23. The van der Waals surface area contributed by atoms with Gasteiger partial charge in [0.15, 0.2) is 17.7 Å². The van der Waals surface area contributed by atoms with E-state index in [1.807, 2.05) is 57.2 Å². The van der Waals surface area contributed by atoms with E-state index in [-0.39, 0.29) is 25.2 Å². The predicted octanol–water partition coefficient (Wildman–Crippen LogP) is 6.00. The second-order valence-electron chi connectivity index (χ2n) is 18.8. The van der Waals surface area contributed by atoms with Crippen LogP contribution in [0.4, 0.5) is 9.18 Å². The molecule has 0 bridgehead atoms. The lowest BCUT2D eigenvalue weighted by Crippen LogP contribution is -2.66. The molecule has 5 rings (SSSR count). The maximum absolute atomic E-state index is 17.1. The molecule has 0 radical (unpaired) electrons. The van der Waals surface area contributed by atoms with Gasteiger partial charge in [0, 0.05) is 29.3 Å². The number of alkyl halides is 1. The molecule has 3 fully saturated rings. The molecule has 3 aliphatic heterocycles. The van der Waals surface area contributed by atoms with Crippen molar-refractivity contribution in [2.24, 2.45) is 17.8 Å². The van der Waals surface area contributed by atoms with Gasteiger partial charge in [0.05, 0.1) is 47.6 Å². The van der Waals surface area contributed by atoms with Crippen LogP contribution in [0, 0.1) is 17.8 Å². The highest BCUT2D eigenvalue weighted by Crippen LogP contribution is 2.42. The molecule has 0 unspecified atom stereocenters. The van der Waals surface area contributed by atoms with Crippen LogP contribution in [0.5, 0.6) is 0 Å². The van der Waals surface area contributed by atoms with Crippen LogP contribution in [-0.4, -0.2) is 131 Å². The first kappa shape index (κ1) is 48.2. The number of halogens is 1. The van der Waals surface area contributed by atoms with Gasteiger partial charge >= 0.3 is 12.1 Å². The van der Waals surface area contributed by atoms with E-state index in [9.17, 15) is 24.3 Å². The molecule has 338 valence electrons. The fraction of sp³-hybridized carbons (Fsp3) is 0.674. The highest BCUT2D eigenvalue weighted by Gasteiger charge is 2.60. The van der Waals surface area contributed by atoms with Gasteiger partial charge in [-0.05, 0) is 93.1 Å². The van der Waals surface area contributed by atoms with Crippen molar-refractivity contribution in [2.75, 3.05) is 20.7 Å². The standard InChI is InChI=1S/C46H66FN3O11/c1-14-32-46(11)37(49-42(55)61-46)26(3)34(51)25(2)23-44(9,56-21-17-18-29-22-30-19-15-16-20-31(30)48-24-29)39(27(4)38(53)45(10,47)41(54)58-32)59-40-35(52)33(50(12)13)36(28(5)57-40)60-43(6,7)8/h15-20,22,24-28,32-33,35-37,39-40,52H,14,21,23H2,1-13H3,(H,49,55)/b18-17+/t25-,26+,27+,28-,32-,33-,35-,36-,37-,39-,40+,44-,45+,46-/m1/s1. The van der Waals surface area contributed by atoms with Gasteiger partial charge in [-0.3, -0.25) is 14.6 Å². The molecule has 3 saturated heterocycles. The number of nitrogens with zero attached hydrogens (tertiary/aromatic N) is 2. The van der Waals surface area contributed by atoms with Crippen LogP contribution in [0.3, 0.4) is 0 Å². The summed E-state index contributed by atoms with van der Waals surface area (Å²) in [5, 5.41) is 15.7. The summed E-state index contributed by atoms with van der Waals surface area (Å²) >= 11 is 0. The zero-order valence-electron chi connectivity index (χ0n) is 37.9. The Bertz CT molecular complexity index is 1950. The number of aliphatic hydroxyl groups is 1. The third kappa shape index (κ3) is 10.2. The molecule has 1 aromatic heterocycles. The minimum Gasteiger partial charge on any atom is -0.455 e. The highest BCUT2D eigenvalue weighted by molar-refractivity contribution is 6.08. The molecule has 0 aliphatic carbocycles. The van der Waals surface area contributed by atoms with Crippen molar-refractivity contribution in [1.82, 2.24) is 15.2 Å². The number of benzene rings is 1. The summed E-state index contributed by atoms with van der Waals surface area (Å²) in [6, 6.07) is 8.03. The number of nitrogens with one attached hydrogen (secondary N) is 1.